The normalized spacial score (nSPS) is 10.9. The van der Waals surface area contributed by atoms with Crippen LogP contribution < -0.4 is 10.6 Å². The molecule has 0 aliphatic heterocycles. The Morgan fingerprint density at radius 1 is 1.37 bits per heavy atom. The minimum absolute atomic E-state index is 0.175. The van der Waals surface area contributed by atoms with Crippen LogP contribution in [0.1, 0.15) is 24.8 Å². The second kappa shape index (κ2) is 8.92. The third-order valence-electron chi connectivity index (χ3n) is 2.72. The van der Waals surface area contributed by atoms with E-state index in [1.807, 2.05) is 12.3 Å². The fraction of sp³-hybridized carbons (Fsp3) is 0.429. The fourth-order valence-corrected chi connectivity index (χ4v) is 1.76. The van der Waals surface area contributed by atoms with Gasteiger partial charge in [-0.2, -0.15) is 5.26 Å². The molecule has 19 heavy (non-hydrogen) atoms. The Labute approximate surface area is 113 Å². The molecule has 5 heteroatoms. The predicted molar refractivity (Wildman–Crippen MR) is 74.1 cm³/mol. The lowest BCUT2D eigenvalue weighted by atomic mass is 10.1. The second-order valence-corrected chi connectivity index (χ2v) is 4.18. The standard InChI is InChI=1S/C14H19FN4/c1-17-14(19-11-16)18-9-4-2-3-6-12-7-5-8-13(15)10-12/h5,7-8,10H,2-4,6,9H2,1H3,(H2,17,18,19). The lowest BCUT2D eigenvalue weighted by molar-refractivity contribution is 0.621. The fourth-order valence-electron chi connectivity index (χ4n) is 1.76. The summed E-state index contributed by atoms with van der Waals surface area (Å²) in [4.78, 5) is 3.88. The van der Waals surface area contributed by atoms with Gasteiger partial charge in [0.15, 0.2) is 6.19 Å². The lowest BCUT2D eigenvalue weighted by Crippen LogP contribution is -2.34. The lowest BCUT2D eigenvalue weighted by Gasteiger charge is -2.06. The highest BCUT2D eigenvalue weighted by molar-refractivity contribution is 5.80. The smallest absolute Gasteiger partial charge is 0.204 e. The van der Waals surface area contributed by atoms with Crippen molar-refractivity contribution in [1.29, 1.82) is 5.26 Å². The topological polar surface area (TPSA) is 60.2 Å². The van der Waals surface area contributed by atoms with Gasteiger partial charge >= 0.3 is 0 Å². The van der Waals surface area contributed by atoms with Crippen molar-refractivity contribution >= 4 is 5.96 Å². The summed E-state index contributed by atoms with van der Waals surface area (Å²) < 4.78 is 12.9. The minimum Gasteiger partial charge on any atom is -0.356 e. The number of aryl methyl sites for hydroxylation is 1. The largest absolute Gasteiger partial charge is 0.356 e. The number of hydrogen-bond donors (Lipinski definition) is 2. The molecule has 0 saturated heterocycles. The molecular weight excluding hydrogens is 243 g/mol. The van der Waals surface area contributed by atoms with Gasteiger partial charge in [0.25, 0.3) is 0 Å². The maximum absolute atomic E-state index is 12.9. The van der Waals surface area contributed by atoms with Gasteiger partial charge in [-0.1, -0.05) is 18.6 Å². The van der Waals surface area contributed by atoms with Crippen molar-refractivity contribution in [3.63, 3.8) is 0 Å². The van der Waals surface area contributed by atoms with Gasteiger partial charge in [0.2, 0.25) is 5.96 Å². The number of unbranched alkanes of at least 4 members (excludes halogenated alkanes) is 2. The van der Waals surface area contributed by atoms with E-state index in [1.54, 1.807) is 19.2 Å². The van der Waals surface area contributed by atoms with Crippen molar-refractivity contribution in [2.75, 3.05) is 13.6 Å². The van der Waals surface area contributed by atoms with Gasteiger partial charge in [0, 0.05) is 13.6 Å². The van der Waals surface area contributed by atoms with Crippen molar-refractivity contribution in [3.05, 3.63) is 35.6 Å². The summed E-state index contributed by atoms with van der Waals surface area (Å²) in [6, 6.07) is 6.72. The van der Waals surface area contributed by atoms with E-state index < -0.39 is 0 Å². The third-order valence-corrected chi connectivity index (χ3v) is 2.72. The Bertz CT molecular complexity index is 451. The average Bonchev–Trinajstić information content (AvgIpc) is 2.41. The Morgan fingerprint density at radius 3 is 2.89 bits per heavy atom. The first-order chi connectivity index (χ1) is 9.26. The molecule has 0 saturated carbocycles. The molecule has 1 aromatic carbocycles. The number of hydrogen-bond acceptors (Lipinski definition) is 2. The molecule has 0 unspecified atom stereocenters. The van der Waals surface area contributed by atoms with Crippen molar-refractivity contribution in [2.45, 2.75) is 25.7 Å². The minimum atomic E-state index is -0.175. The molecule has 0 spiro atoms. The van der Waals surface area contributed by atoms with E-state index in [1.165, 1.54) is 6.07 Å². The maximum Gasteiger partial charge on any atom is 0.204 e. The quantitative estimate of drug-likeness (QED) is 0.271. The van der Waals surface area contributed by atoms with Crippen LogP contribution in [0.15, 0.2) is 29.3 Å². The van der Waals surface area contributed by atoms with Crippen LogP contribution >= 0.6 is 0 Å². The number of aliphatic imine (C=N–C) groups is 1. The monoisotopic (exact) mass is 262 g/mol. The molecule has 0 heterocycles. The van der Waals surface area contributed by atoms with Crippen molar-refractivity contribution in [3.8, 4) is 6.19 Å². The van der Waals surface area contributed by atoms with Crippen molar-refractivity contribution in [2.24, 2.45) is 4.99 Å². The molecule has 0 aliphatic carbocycles. The summed E-state index contributed by atoms with van der Waals surface area (Å²) in [5.41, 5.74) is 1.04. The third kappa shape index (κ3) is 6.41. The van der Waals surface area contributed by atoms with Gasteiger partial charge in [-0.3, -0.25) is 10.3 Å². The summed E-state index contributed by atoms with van der Waals surface area (Å²) in [6.45, 7) is 0.768. The molecule has 1 aromatic rings. The number of nitrogens with zero attached hydrogens (tertiary/aromatic N) is 2. The molecule has 0 amide bonds. The first kappa shape index (κ1) is 15.0. The van der Waals surface area contributed by atoms with E-state index in [4.69, 9.17) is 5.26 Å². The van der Waals surface area contributed by atoms with E-state index >= 15 is 0 Å². The molecule has 0 atom stereocenters. The van der Waals surface area contributed by atoms with Crippen molar-refractivity contribution < 1.29 is 4.39 Å². The van der Waals surface area contributed by atoms with Gasteiger partial charge in [-0.05, 0) is 37.0 Å². The summed E-state index contributed by atoms with van der Waals surface area (Å²) in [7, 11) is 1.62. The number of guanidine groups is 1. The van der Waals surface area contributed by atoms with Gasteiger partial charge < -0.3 is 5.32 Å². The Morgan fingerprint density at radius 2 is 2.21 bits per heavy atom. The Balaban J connectivity index is 2.10. The first-order valence-electron chi connectivity index (χ1n) is 6.36. The number of halogens is 1. The van der Waals surface area contributed by atoms with Crippen LogP contribution in [0.25, 0.3) is 0 Å². The van der Waals surface area contributed by atoms with Crippen molar-refractivity contribution in [1.82, 2.24) is 10.6 Å². The highest BCUT2D eigenvalue weighted by Crippen LogP contribution is 2.08. The zero-order chi connectivity index (χ0) is 13.9. The molecule has 0 aromatic heterocycles. The molecular formula is C14H19FN4. The van der Waals surface area contributed by atoms with Gasteiger partial charge in [-0.15, -0.1) is 0 Å². The van der Waals surface area contributed by atoms with Crippen LogP contribution in [0.5, 0.6) is 0 Å². The van der Waals surface area contributed by atoms with E-state index in [0.29, 0.717) is 5.96 Å². The molecule has 0 bridgehead atoms. The van der Waals surface area contributed by atoms with Crippen LogP contribution in [-0.2, 0) is 6.42 Å². The SMILES string of the molecule is CN=C(NC#N)NCCCCCc1cccc(F)c1. The molecule has 1 rings (SSSR count). The van der Waals surface area contributed by atoms with Gasteiger partial charge in [-0.25, -0.2) is 4.39 Å². The van der Waals surface area contributed by atoms with E-state index in [2.05, 4.69) is 15.6 Å². The van der Waals surface area contributed by atoms with Gasteiger partial charge in [0.1, 0.15) is 5.82 Å². The Hall–Kier alpha value is -2.09. The van der Waals surface area contributed by atoms with Crippen LogP contribution in [-0.4, -0.2) is 19.6 Å². The highest BCUT2D eigenvalue weighted by atomic mass is 19.1. The summed E-state index contributed by atoms with van der Waals surface area (Å²) in [5.74, 6) is 0.318. The average molecular weight is 262 g/mol. The molecule has 0 aliphatic rings. The number of nitrogens with one attached hydrogen (secondary N) is 2. The predicted octanol–water partition coefficient (Wildman–Crippen LogP) is 2.18. The molecule has 102 valence electrons. The van der Waals surface area contributed by atoms with Crippen LogP contribution in [0.4, 0.5) is 4.39 Å². The van der Waals surface area contributed by atoms with Crippen LogP contribution in [0.2, 0.25) is 0 Å². The first-order valence-corrected chi connectivity index (χ1v) is 6.36. The highest BCUT2D eigenvalue weighted by Gasteiger charge is 1.97. The van der Waals surface area contributed by atoms with E-state index in [9.17, 15) is 4.39 Å². The van der Waals surface area contributed by atoms with Gasteiger partial charge in [0.05, 0.1) is 0 Å². The zero-order valence-corrected chi connectivity index (χ0v) is 11.1. The molecule has 0 radical (unpaired) electrons. The molecule has 0 fully saturated rings. The number of nitriles is 1. The van der Waals surface area contributed by atoms with Crippen LogP contribution in [0.3, 0.4) is 0 Å². The molecule has 2 N–H and O–H groups in total. The Kier molecular flexibility index (Phi) is 7.03. The number of benzene rings is 1. The van der Waals surface area contributed by atoms with E-state index in [0.717, 1.165) is 37.8 Å². The zero-order valence-electron chi connectivity index (χ0n) is 11.1. The molecule has 4 nitrogen and oxygen atoms in total. The maximum atomic E-state index is 12.9. The van der Waals surface area contributed by atoms with E-state index in [-0.39, 0.29) is 5.82 Å². The van der Waals surface area contributed by atoms with Crippen LogP contribution in [0, 0.1) is 17.3 Å². The second-order valence-electron chi connectivity index (χ2n) is 4.18. The number of rotatable bonds is 6. The summed E-state index contributed by atoms with van der Waals surface area (Å²) >= 11 is 0. The summed E-state index contributed by atoms with van der Waals surface area (Å²) in [5, 5.41) is 13.9. The summed E-state index contributed by atoms with van der Waals surface area (Å²) in [6.07, 6.45) is 5.77.